The molecule has 5 heteroatoms. The van der Waals surface area contributed by atoms with Crippen molar-refractivity contribution < 1.29 is 15.0 Å². The van der Waals surface area contributed by atoms with E-state index in [2.05, 4.69) is 5.32 Å². The molecule has 3 aromatic carbocycles. The molecule has 0 fully saturated rings. The number of amides is 1. The first-order valence-electron chi connectivity index (χ1n) is 6.43. The van der Waals surface area contributed by atoms with Crippen LogP contribution in [0.1, 0.15) is 6.92 Å². The molecule has 1 amide bonds. The van der Waals surface area contributed by atoms with Crippen LogP contribution in [0.2, 0.25) is 0 Å². The maximum Gasteiger partial charge on any atom is 0.221 e. The van der Waals surface area contributed by atoms with Gasteiger partial charge in [-0.15, -0.1) is 0 Å². The number of hydrogen-bond acceptors (Lipinski definition) is 4. The van der Waals surface area contributed by atoms with Crippen LogP contribution in [0.15, 0.2) is 36.4 Å². The first kappa shape index (κ1) is 13.1. The third-order valence-electron chi connectivity index (χ3n) is 3.46. The van der Waals surface area contributed by atoms with Gasteiger partial charge in [0.15, 0.2) is 0 Å². The number of aromatic hydroxyl groups is 2. The topological polar surface area (TPSA) is 95.6 Å². The van der Waals surface area contributed by atoms with Crippen LogP contribution in [-0.2, 0) is 4.79 Å². The molecule has 21 heavy (non-hydrogen) atoms. The summed E-state index contributed by atoms with van der Waals surface area (Å²) in [6.07, 6.45) is 0. The normalized spacial score (nSPS) is 10.9. The Bertz CT molecular complexity index is 888. The van der Waals surface area contributed by atoms with Gasteiger partial charge < -0.3 is 21.3 Å². The molecule has 0 spiro atoms. The zero-order chi connectivity index (χ0) is 15.1. The third kappa shape index (κ3) is 1.90. The predicted octanol–water partition coefficient (Wildman–Crippen LogP) is 2.94. The van der Waals surface area contributed by atoms with Crippen molar-refractivity contribution in [1.29, 1.82) is 0 Å². The number of carbonyl (C=O) groups excluding carboxylic acids is 1. The van der Waals surface area contributed by atoms with Gasteiger partial charge in [-0.05, 0) is 12.1 Å². The Hall–Kier alpha value is -2.95. The average molecular weight is 282 g/mol. The van der Waals surface area contributed by atoms with Crippen molar-refractivity contribution in [1.82, 2.24) is 0 Å². The zero-order valence-corrected chi connectivity index (χ0v) is 11.3. The van der Waals surface area contributed by atoms with Gasteiger partial charge in [-0.2, -0.15) is 0 Å². The Morgan fingerprint density at radius 3 is 2.24 bits per heavy atom. The molecule has 106 valence electrons. The molecule has 0 heterocycles. The molecular weight excluding hydrogens is 268 g/mol. The summed E-state index contributed by atoms with van der Waals surface area (Å²) in [7, 11) is 0. The fraction of sp³-hybridized carbons (Fsp3) is 0.0625. The van der Waals surface area contributed by atoms with E-state index in [0.29, 0.717) is 32.9 Å². The number of fused-ring (bicyclic) bond motifs is 2. The lowest BCUT2D eigenvalue weighted by molar-refractivity contribution is -0.114. The number of nitrogens with two attached hydrogens (primary N) is 1. The fourth-order valence-corrected chi connectivity index (χ4v) is 2.60. The molecule has 3 aromatic rings. The summed E-state index contributed by atoms with van der Waals surface area (Å²) in [5.41, 5.74) is 6.72. The van der Waals surface area contributed by atoms with Gasteiger partial charge in [0.25, 0.3) is 0 Å². The van der Waals surface area contributed by atoms with Crippen molar-refractivity contribution in [3.8, 4) is 11.5 Å². The van der Waals surface area contributed by atoms with E-state index in [9.17, 15) is 15.0 Å². The van der Waals surface area contributed by atoms with Gasteiger partial charge in [0.2, 0.25) is 5.91 Å². The maximum absolute atomic E-state index is 11.3. The second-order valence-corrected chi connectivity index (χ2v) is 4.88. The van der Waals surface area contributed by atoms with Crippen molar-refractivity contribution >= 4 is 38.8 Å². The molecule has 0 aliphatic carbocycles. The quantitative estimate of drug-likeness (QED) is 0.313. The Balaban J connectivity index is 2.53. The van der Waals surface area contributed by atoms with Crippen molar-refractivity contribution in [2.24, 2.45) is 0 Å². The van der Waals surface area contributed by atoms with E-state index in [4.69, 9.17) is 5.73 Å². The number of phenolic OH excluding ortho intramolecular Hbond substituents is 2. The van der Waals surface area contributed by atoms with E-state index in [-0.39, 0.29) is 17.4 Å². The van der Waals surface area contributed by atoms with Gasteiger partial charge in [0.1, 0.15) is 11.5 Å². The highest BCUT2D eigenvalue weighted by atomic mass is 16.3. The number of rotatable bonds is 1. The molecule has 0 aliphatic heterocycles. The molecule has 5 nitrogen and oxygen atoms in total. The number of nitrogens with one attached hydrogen (secondary N) is 1. The van der Waals surface area contributed by atoms with Crippen LogP contribution >= 0.6 is 0 Å². The minimum Gasteiger partial charge on any atom is -0.507 e. The van der Waals surface area contributed by atoms with E-state index in [1.165, 1.54) is 6.92 Å². The summed E-state index contributed by atoms with van der Waals surface area (Å²) in [6.45, 7) is 1.38. The highest BCUT2D eigenvalue weighted by Gasteiger charge is 2.17. The third-order valence-corrected chi connectivity index (χ3v) is 3.46. The van der Waals surface area contributed by atoms with Gasteiger partial charge in [-0.3, -0.25) is 4.79 Å². The van der Waals surface area contributed by atoms with Gasteiger partial charge in [0, 0.05) is 23.4 Å². The summed E-state index contributed by atoms with van der Waals surface area (Å²) < 4.78 is 0. The van der Waals surface area contributed by atoms with Crippen LogP contribution in [-0.4, -0.2) is 16.1 Å². The fourth-order valence-electron chi connectivity index (χ4n) is 2.60. The number of benzene rings is 3. The van der Waals surface area contributed by atoms with E-state index < -0.39 is 0 Å². The first-order chi connectivity index (χ1) is 10.0. The highest BCUT2D eigenvalue weighted by Crippen LogP contribution is 2.46. The number of hydrogen-bond donors (Lipinski definition) is 4. The Morgan fingerprint density at radius 1 is 1.00 bits per heavy atom. The number of phenols is 2. The van der Waals surface area contributed by atoms with Gasteiger partial charge in [-0.1, -0.05) is 24.3 Å². The Labute approximate surface area is 120 Å². The summed E-state index contributed by atoms with van der Waals surface area (Å²) in [4.78, 5) is 11.3. The van der Waals surface area contributed by atoms with Crippen molar-refractivity contribution in [2.75, 3.05) is 11.1 Å². The Kier molecular flexibility index (Phi) is 2.83. The van der Waals surface area contributed by atoms with Crippen molar-refractivity contribution in [2.45, 2.75) is 6.92 Å². The molecule has 0 atom stereocenters. The standard InChI is InChI=1S/C16H14N2O3/c1-8(19)18-12-7-3-5-10-14(12)16(21)9-4-2-6-11(17)13(9)15(10)20/h2-7,20-21H,17H2,1H3,(H,18,19). The zero-order valence-electron chi connectivity index (χ0n) is 11.3. The monoisotopic (exact) mass is 282 g/mol. The van der Waals surface area contributed by atoms with Crippen molar-refractivity contribution in [3.05, 3.63) is 36.4 Å². The van der Waals surface area contributed by atoms with E-state index in [1.54, 1.807) is 36.4 Å². The maximum atomic E-state index is 11.3. The van der Waals surface area contributed by atoms with Crippen LogP contribution in [0, 0.1) is 0 Å². The SMILES string of the molecule is CC(=O)Nc1cccc2c(O)c3c(N)cccc3c(O)c12. The minimum atomic E-state index is -0.255. The Morgan fingerprint density at radius 2 is 1.57 bits per heavy atom. The summed E-state index contributed by atoms with van der Waals surface area (Å²) >= 11 is 0. The second kappa shape index (κ2) is 4.56. The van der Waals surface area contributed by atoms with Gasteiger partial charge >= 0.3 is 0 Å². The van der Waals surface area contributed by atoms with Crippen LogP contribution in [0.4, 0.5) is 11.4 Å². The van der Waals surface area contributed by atoms with E-state index >= 15 is 0 Å². The smallest absolute Gasteiger partial charge is 0.221 e. The largest absolute Gasteiger partial charge is 0.507 e. The molecule has 0 saturated carbocycles. The molecule has 0 unspecified atom stereocenters. The average Bonchev–Trinajstić information content (AvgIpc) is 2.44. The molecule has 0 bridgehead atoms. The first-order valence-corrected chi connectivity index (χ1v) is 6.43. The molecule has 0 aliphatic rings. The molecule has 3 rings (SSSR count). The minimum absolute atomic E-state index is 0.0110. The van der Waals surface area contributed by atoms with E-state index in [0.717, 1.165) is 0 Å². The molecule has 0 aromatic heterocycles. The highest BCUT2D eigenvalue weighted by molar-refractivity contribution is 6.18. The lowest BCUT2D eigenvalue weighted by Gasteiger charge is -2.14. The molecule has 5 N–H and O–H groups in total. The van der Waals surface area contributed by atoms with Crippen LogP contribution in [0.3, 0.4) is 0 Å². The summed E-state index contributed by atoms with van der Waals surface area (Å²) in [5, 5.41) is 25.3. The summed E-state index contributed by atoms with van der Waals surface area (Å²) in [5.74, 6) is -0.286. The van der Waals surface area contributed by atoms with Crippen LogP contribution in [0.5, 0.6) is 11.5 Å². The summed E-state index contributed by atoms with van der Waals surface area (Å²) in [6, 6.07) is 10.1. The number of nitrogen functional groups attached to an aromatic ring is 1. The lowest BCUT2D eigenvalue weighted by Crippen LogP contribution is -2.06. The predicted molar refractivity (Wildman–Crippen MR) is 83.5 cm³/mol. The van der Waals surface area contributed by atoms with Crippen molar-refractivity contribution in [3.63, 3.8) is 0 Å². The molecular formula is C16H14N2O3. The van der Waals surface area contributed by atoms with Gasteiger partial charge in [-0.25, -0.2) is 0 Å². The second-order valence-electron chi connectivity index (χ2n) is 4.88. The van der Waals surface area contributed by atoms with E-state index in [1.807, 2.05) is 0 Å². The molecule has 0 saturated heterocycles. The number of carbonyl (C=O) groups is 1. The van der Waals surface area contributed by atoms with Gasteiger partial charge in [0.05, 0.1) is 16.5 Å². The van der Waals surface area contributed by atoms with Crippen LogP contribution in [0.25, 0.3) is 21.5 Å². The van der Waals surface area contributed by atoms with Crippen LogP contribution < -0.4 is 11.1 Å². The lowest BCUT2D eigenvalue weighted by atomic mass is 9.98. The number of anilines is 2. The molecule has 0 radical (unpaired) electrons.